The SMILES string of the molecule is Cn1nc(CC(=O)c2ccc(F)cc2I)c2ccccc21. The van der Waals surface area contributed by atoms with Gasteiger partial charge in [0.1, 0.15) is 5.82 Å². The second kappa shape index (κ2) is 5.55. The van der Waals surface area contributed by atoms with Crippen LogP contribution in [0.15, 0.2) is 42.5 Å². The van der Waals surface area contributed by atoms with Crippen LogP contribution in [0.1, 0.15) is 16.1 Å². The number of Topliss-reactive ketones (excluding diaryl/α,β-unsaturated/α-hetero) is 1. The molecule has 0 bridgehead atoms. The number of fused-ring (bicyclic) bond motifs is 1. The molecule has 21 heavy (non-hydrogen) atoms. The molecular formula is C16H12FIN2O. The molecule has 0 fully saturated rings. The summed E-state index contributed by atoms with van der Waals surface area (Å²) in [6.45, 7) is 0. The fourth-order valence-corrected chi connectivity index (χ4v) is 3.16. The van der Waals surface area contributed by atoms with Crippen LogP contribution in [0.5, 0.6) is 0 Å². The van der Waals surface area contributed by atoms with Gasteiger partial charge in [-0.3, -0.25) is 9.48 Å². The van der Waals surface area contributed by atoms with E-state index in [2.05, 4.69) is 5.10 Å². The summed E-state index contributed by atoms with van der Waals surface area (Å²) in [7, 11) is 1.86. The van der Waals surface area contributed by atoms with Gasteiger partial charge in [0.15, 0.2) is 5.78 Å². The highest BCUT2D eigenvalue weighted by Crippen LogP contribution is 2.21. The van der Waals surface area contributed by atoms with Crippen LogP contribution >= 0.6 is 22.6 Å². The van der Waals surface area contributed by atoms with Crippen LogP contribution in [0.25, 0.3) is 10.9 Å². The summed E-state index contributed by atoms with van der Waals surface area (Å²) >= 11 is 1.98. The molecule has 0 aliphatic heterocycles. The van der Waals surface area contributed by atoms with E-state index in [1.54, 1.807) is 4.68 Å². The molecule has 0 aliphatic rings. The lowest BCUT2D eigenvalue weighted by Gasteiger charge is -2.03. The minimum Gasteiger partial charge on any atom is -0.294 e. The Balaban J connectivity index is 1.97. The monoisotopic (exact) mass is 394 g/mol. The Kier molecular flexibility index (Phi) is 3.75. The zero-order valence-corrected chi connectivity index (χ0v) is 13.5. The third kappa shape index (κ3) is 2.70. The van der Waals surface area contributed by atoms with Crippen molar-refractivity contribution in [3.05, 3.63) is 63.1 Å². The first-order chi connectivity index (χ1) is 10.1. The molecule has 3 nitrogen and oxygen atoms in total. The average Bonchev–Trinajstić information content (AvgIpc) is 2.76. The van der Waals surface area contributed by atoms with Gasteiger partial charge in [0.25, 0.3) is 0 Å². The second-order valence-electron chi connectivity index (χ2n) is 4.81. The summed E-state index contributed by atoms with van der Waals surface area (Å²) in [6.07, 6.45) is 0.211. The molecular weight excluding hydrogens is 382 g/mol. The van der Waals surface area contributed by atoms with Crippen LogP contribution in [-0.2, 0) is 13.5 Å². The Morgan fingerprint density at radius 1 is 1.29 bits per heavy atom. The van der Waals surface area contributed by atoms with Crippen molar-refractivity contribution in [2.24, 2.45) is 7.05 Å². The highest BCUT2D eigenvalue weighted by molar-refractivity contribution is 14.1. The number of nitrogens with zero attached hydrogens (tertiary/aromatic N) is 2. The number of benzene rings is 2. The third-order valence-electron chi connectivity index (χ3n) is 3.39. The molecule has 0 aliphatic carbocycles. The lowest BCUT2D eigenvalue weighted by Crippen LogP contribution is -2.07. The van der Waals surface area contributed by atoms with Crippen LogP contribution in [-0.4, -0.2) is 15.6 Å². The van der Waals surface area contributed by atoms with Crippen molar-refractivity contribution in [2.45, 2.75) is 6.42 Å². The fourth-order valence-electron chi connectivity index (χ4n) is 2.38. The summed E-state index contributed by atoms with van der Waals surface area (Å²) in [6, 6.07) is 12.0. The fraction of sp³-hybridized carbons (Fsp3) is 0.125. The van der Waals surface area contributed by atoms with E-state index in [4.69, 9.17) is 0 Å². The van der Waals surface area contributed by atoms with E-state index in [9.17, 15) is 9.18 Å². The molecule has 0 amide bonds. The van der Waals surface area contributed by atoms with Gasteiger partial charge in [-0.1, -0.05) is 18.2 Å². The molecule has 1 heterocycles. The maximum Gasteiger partial charge on any atom is 0.169 e. The van der Waals surface area contributed by atoms with Crippen molar-refractivity contribution in [1.82, 2.24) is 9.78 Å². The first kappa shape index (κ1) is 14.2. The van der Waals surface area contributed by atoms with Gasteiger partial charge in [-0.25, -0.2) is 4.39 Å². The van der Waals surface area contributed by atoms with Crippen molar-refractivity contribution in [3.63, 3.8) is 0 Å². The van der Waals surface area contributed by atoms with Gasteiger partial charge in [-0.05, 0) is 46.9 Å². The van der Waals surface area contributed by atoms with Crippen molar-refractivity contribution >= 4 is 39.3 Å². The normalized spacial score (nSPS) is 11.0. The van der Waals surface area contributed by atoms with Crippen LogP contribution in [0.4, 0.5) is 4.39 Å². The minimum absolute atomic E-state index is 0.0525. The Morgan fingerprint density at radius 3 is 2.81 bits per heavy atom. The predicted octanol–water partition coefficient (Wildman–Crippen LogP) is 3.74. The smallest absolute Gasteiger partial charge is 0.169 e. The molecule has 0 spiro atoms. The predicted molar refractivity (Wildman–Crippen MR) is 87.9 cm³/mol. The first-order valence-corrected chi connectivity index (χ1v) is 7.53. The van der Waals surface area contributed by atoms with Gasteiger partial charge in [-0.15, -0.1) is 0 Å². The number of carbonyl (C=O) groups is 1. The Bertz CT molecular complexity index is 841. The van der Waals surface area contributed by atoms with E-state index in [0.717, 1.165) is 16.6 Å². The van der Waals surface area contributed by atoms with E-state index in [-0.39, 0.29) is 18.0 Å². The summed E-state index contributed by atoms with van der Waals surface area (Å²) in [4.78, 5) is 12.4. The maximum absolute atomic E-state index is 13.1. The molecule has 3 aromatic rings. The van der Waals surface area contributed by atoms with E-state index in [1.165, 1.54) is 18.2 Å². The van der Waals surface area contributed by atoms with Gasteiger partial charge in [0, 0.05) is 21.6 Å². The van der Waals surface area contributed by atoms with E-state index in [0.29, 0.717) is 9.13 Å². The van der Waals surface area contributed by atoms with Gasteiger partial charge < -0.3 is 0 Å². The molecule has 106 valence electrons. The molecule has 0 atom stereocenters. The molecule has 1 aromatic heterocycles. The van der Waals surface area contributed by atoms with Gasteiger partial charge in [0.2, 0.25) is 0 Å². The standard InChI is InChI=1S/C16H12FIN2O/c1-20-15-5-3-2-4-12(15)14(19-20)9-16(21)11-7-6-10(17)8-13(11)18/h2-8H,9H2,1H3. The van der Waals surface area contributed by atoms with Crippen molar-refractivity contribution in [1.29, 1.82) is 0 Å². The van der Waals surface area contributed by atoms with Crippen molar-refractivity contribution in [3.8, 4) is 0 Å². The Hall–Kier alpha value is -1.76. The molecule has 5 heteroatoms. The summed E-state index contributed by atoms with van der Waals surface area (Å²) in [5.41, 5.74) is 2.28. The number of ketones is 1. The topological polar surface area (TPSA) is 34.9 Å². The van der Waals surface area contributed by atoms with Crippen LogP contribution in [0.2, 0.25) is 0 Å². The molecule has 2 aromatic carbocycles. The number of rotatable bonds is 3. The van der Waals surface area contributed by atoms with E-state index < -0.39 is 0 Å². The number of carbonyl (C=O) groups excluding carboxylic acids is 1. The molecule has 0 unspecified atom stereocenters. The first-order valence-electron chi connectivity index (χ1n) is 6.45. The highest BCUT2D eigenvalue weighted by Gasteiger charge is 2.16. The third-order valence-corrected chi connectivity index (χ3v) is 4.29. The molecule has 0 saturated carbocycles. The summed E-state index contributed by atoms with van der Waals surface area (Å²) in [5.74, 6) is -0.387. The average molecular weight is 394 g/mol. The van der Waals surface area contributed by atoms with E-state index >= 15 is 0 Å². The van der Waals surface area contributed by atoms with Gasteiger partial charge in [-0.2, -0.15) is 5.10 Å². The zero-order valence-electron chi connectivity index (χ0n) is 11.3. The largest absolute Gasteiger partial charge is 0.294 e. The lowest BCUT2D eigenvalue weighted by molar-refractivity contribution is 0.0991. The van der Waals surface area contributed by atoms with Crippen molar-refractivity contribution in [2.75, 3.05) is 0 Å². The van der Waals surface area contributed by atoms with Crippen LogP contribution < -0.4 is 0 Å². The number of hydrogen-bond acceptors (Lipinski definition) is 2. The quantitative estimate of drug-likeness (QED) is 0.501. The molecule has 0 radical (unpaired) electrons. The van der Waals surface area contributed by atoms with Crippen LogP contribution in [0, 0.1) is 9.39 Å². The summed E-state index contributed by atoms with van der Waals surface area (Å²) < 4.78 is 15.5. The highest BCUT2D eigenvalue weighted by atomic mass is 127. The zero-order chi connectivity index (χ0) is 15.0. The van der Waals surface area contributed by atoms with Crippen LogP contribution in [0.3, 0.4) is 0 Å². The number of para-hydroxylation sites is 1. The molecule has 0 N–H and O–H groups in total. The maximum atomic E-state index is 13.1. The number of aryl methyl sites for hydroxylation is 1. The van der Waals surface area contributed by atoms with E-state index in [1.807, 2.05) is 53.9 Å². The number of halogens is 2. The summed E-state index contributed by atoms with van der Waals surface area (Å²) in [5, 5.41) is 5.40. The lowest BCUT2D eigenvalue weighted by atomic mass is 10.0. The minimum atomic E-state index is -0.334. The molecule has 0 saturated heterocycles. The molecule has 3 rings (SSSR count). The Morgan fingerprint density at radius 2 is 2.05 bits per heavy atom. The van der Waals surface area contributed by atoms with Gasteiger partial charge in [0.05, 0.1) is 17.6 Å². The Labute approximate surface area is 134 Å². The number of aromatic nitrogens is 2. The second-order valence-corrected chi connectivity index (χ2v) is 5.97. The van der Waals surface area contributed by atoms with Gasteiger partial charge >= 0.3 is 0 Å². The number of hydrogen-bond donors (Lipinski definition) is 0. The van der Waals surface area contributed by atoms with Crippen molar-refractivity contribution < 1.29 is 9.18 Å².